The van der Waals surface area contributed by atoms with E-state index < -0.39 is 11.6 Å². The molecule has 0 aromatic carbocycles. The van der Waals surface area contributed by atoms with E-state index in [1.165, 1.54) is 18.4 Å². The number of hydrogen-bond donors (Lipinski definition) is 0. The molecular weight excluding hydrogens is 230 g/mol. The van der Waals surface area contributed by atoms with Crippen LogP contribution in [0.4, 0.5) is 0 Å². The molecule has 0 amide bonds. The normalized spacial score (nSPS) is 18.4. The van der Waals surface area contributed by atoms with E-state index in [-0.39, 0.29) is 0 Å². The van der Waals surface area contributed by atoms with E-state index >= 15 is 0 Å². The van der Waals surface area contributed by atoms with Crippen molar-refractivity contribution in [2.45, 2.75) is 37.7 Å². The number of rotatable bonds is 3. The lowest BCUT2D eigenvalue weighted by molar-refractivity contribution is -0.150. The van der Waals surface area contributed by atoms with Crippen LogP contribution in [0, 0.1) is 11.3 Å². The fourth-order valence-corrected chi connectivity index (χ4v) is 2.12. The van der Waals surface area contributed by atoms with Crippen molar-refractivity contribution in [2.75, 3.05) is 0 Å². The Hall–Kier alpha value is -2.02. The van der Waals surface area contributed by atoms with Crippen LogP contribution >= 0.6 is 0 Å². The van der Waals surface area contributed by atoms with Gasteiger partial charge < -0.3 is 9.15 Å². The van der Waals surface area contributed by atoms with Crippen LogP contribution in [0.3, 0.4) is 0 Å². The Morgan fingerprint density at radius 2 is 2.22 bits per heavy atom. The summed E-state index contributed by atoms with van der Waals surface area (Å²) in [6.45, 7) is 0. The van der Waals surface area contributed by atoms with Crippen molar-refractivity contribution < 1.29 is 13.9 Å². The lowest BCUT2D eigenvalue weighted by atomic mass is 9.86. The Morgan fingerprint density at radius 3 is 2.83 bits per heavy atom. The summed E-state index contributed by atoms with van der Waals surface area (Å²) in [6, 6.07) is 5.62. The van der Waals surface area contributed by atoms with Gasteiger partial charge in [0.25, 0.3) is 0 Å². The minimum atomic E-state index is -0.928. The number of furan rings is 1. The van der Waals surface area contributed by atoms with Crippen molar-refractivity contribution in [2.24, 2.45) is 0 Å². The Morgan fingerprint density at radius 1 is 1.44 bits per heavy atom. The van der Waals surface area contributed by atoms with Crippen molar-refractivity contribution in [3.8, 4) is 6.07 Å². The van der Waals surface area contributed by atoms with Crippen LogP contribution < -0.4 is 0 Å². The van der Waals surface area contributed by atoms with Gasteiger partial charge in [-0.25, -0.2) is 4.79 Å². The van der Waals surface area contributed by atoms with Crippen molar-refractivity contribution >= 4 is 12.0 Å². The Kier molecular flexibility index (Phi) is 3.83. The fraction of sp³-hybridized carbons (Fsp3) is 0.429. The molecule has 1 aromatic heterocycles. The van der Waals surface area contributed by atoms with Gasteiger partial charge in [0.15, 0.2) is 5.60 Å². The molecular formula is C14H15NO3. The summed E-state index contributed by atoms with van der Waals surface area (Å²) in [7, 11) is 0. The van der Waals surface area contributed by atoms with Crippen molar-refractivity contribution in [3.63, 3.8) is 0 Å². The van der Waals surface area contributed by atoms with Gasteiger partial charge in [-0.2, -0.15) is 5.26 Å². The summed E-state index contributed by atoms with van der Waals surface area (Å²) in [5.41, 5.74) is -0.928. The van der Waals surface area contributed by atoms with Gasteiger partial charge in [-0.15, -0.1) is 0 Å². The molecule has 18 heavy (non-hydrogen) atoms. The van der Waals surface area contributed by atoms with Gasteiger partial charge in [-0.1, -0.05) is 6.42 Å². The molecule has 0 unspecified atom stereocenters. The molecule has 2 rings (SSSR count). The van der Waals surface area contributed by atoms with E-state index in [1.54, 1.807) is 12.1 Å². The largest absolute Gasteiger partial charge is 0.465 e. The topological polar surface area (TPSA) is 63.2 Å². The van der Waals surface area contributed by atoms with Crippen LogP contribution in [0.25, 0.3) is 6.08 Å². The predicted octanol–water partition coefficient (Wildman–Crippen LogP) is 3.06. The van der Waals surface area contributed by atoms with E-state index in [2.05, 4.69) is 6.07 Å². The van der Waals surface area contributed by atoms with Gasteiger partial charge in [0.1, 0.15) is 11.8 Å². The number of nitrogens with zero attached hydrogens (tertiary/aromatic N) is 1. The smallest absolute Gasteiger partial charge is 0.332 e. The van der Waals surface area contributed by atoms with Crippen molar-refractivity contribution in [3.05, 3.63) is 30.2 Å². The zero-order valence-corrected chi connectivity index (χ0v) is 10.1. The van der Waals surface area contributed by atoms with Gasteiger partial charge in [0, 0.05) is 18.9 Å². The second-order valence-corrected chi connectivity index (χ2v) is 4.44. The molecule has 0 N–H and O–H groups in total. The molecule has 0 radical (unpaired) electrons. The Bertz CT molecular complexity index is 462. The molecule has 1 fully saturated rings. The van der Waals surface area contributed by atoms with Crippen LogP contribution in [-0.2, 0) is 9.53 Å². The minimum absolute atomic E-state index is 0.491. The van der Waals surface area contributed by atoms with Crippen LogP contribution in [-0.4, -0.2) is 11.6 Å². The Labute approximate surface area is 106 Å². The number of hydrogen-bond acceptors (Lipinski definition) is 4. The molecule has 1 aliphatic carbocycles. The lowest BCUT2D eigenvalue weighted by Gasteiger charge is -2.29. The highest BCUT2D eigenvalue weighted by atomic mass is 16.6. The highest BCUT2D eigenvalue weighted by Crippen LogP contribution is 2.31. The maximum absolute atomic E-state index is 11.7. The molecule has 4 nitrogen and oxygen atoms in total. The minimum Gasteiger partial charge on any atom is -0.465 e. The molecule has 0 atom stereocenters. The SMILES string of the molecule is N#CC1(OC(=O)/C=C/c2ccco2)CCCCC1. The van der Waals surface area contributed by atoms with Crippen LogP contribution in [0.5, 0.6) is 0 Å². The van der Waals surface area contributed by atoms with E-state index in [0.717, 1.165) is 19.3 Å². The zero-order chi connectivity index (χ0) is 12.8. The van der Waals surface area contributed by atoms with Gasteiger partial charge >= 0.3 is 5.97 Å². The number of carbonyl (C=O) groups excluding carboxylic acids is 1. The number of ether oxygens (including phenoxy) is 1. The predicted molar refractivity (Wildman–Crippen MR) is 65.3 cm³/mol. The monoisotopic (exact) mass is 245 g/mol. The maximum atomic E-state index is 11.7. The molecule has 4 heteroatoms. The molecule has 1 aliphatic rings. The van der Waals surface area contributed by atoms with Gasteiger partial charge in [-0.05, 0) is 31.1 Å². The first-order valence-corrected chi connectivity index (χ1v) is 6.10. The first-order valence-electron chi connectivity index (χ1n) is 6.10. The van der Waals surface area contributed by atoms with Gasteiger partial charge in [0.05, 0.1) is 6.26 Å². The third-order valence-corrected chi connectivity index (χ3v) is 3.09. The molecule has 1 aromatic rings. The molecule has 0 aliphatic heterocycles. The standard InChI is InChI=1S/C14H15NO3/c15-11-14(8-2-1-3-9-14)18-13(16)7-6-12-5-4-10-17-12/h4-7,10H,1-3,8-9H2/b7-6+. The zero-order valence-electron chi connectivity index (χ0n) is 10.1. The number of nitriles is 1. The molecule has 0 bridgehead atoms. The fourth-order valence-electron chi connectivity index (χ4n) is 2.12. The van der Waals surface area contributed by atoms with Crippen LogP contribution in [0.15, 0.2) is 28.9 Å². The molecule has 0 saturated heterocycles. The number of carbonyl (C=O) groups is 1. The Balaban J connectivity index is 1.96. The molecule has 1 heterocycles. The van der Waals surface area contributed by atoms with Gasteiger partial charge in [-0.3, -0.25) is 0 Å². The molecule has 1 saturated carbocycles. The highest BCUT2D eigenvalue weighted by Gasteiger charge is 2.35. The second kappa shape index (κ2) is 5.54. The summed E-state index contributed by atoms with van der Waals surface area (Å²) in [5, 5.41) is 9.17. The summed E-state index contributed by atoms with van der Waals surface area (Å²) in [4.78, 5) is 11.7. The van der Waals surface area contributed by atoms with Crippen LogP contribution in [0.1, 0.15) is 37.9 Å². The van der Waals surface area contributed by atoms with E-state index in [9.17, 15) is 10.1 Å². The van der Waals surface area contributed by atoms with Crippen LogP contribution in [0.2, 0.25) is 0 Å². The third kappa shape index (κ3) is 3.01. The summed E-state index contributed by atoms with van der Waals surface area (Å²) < 4.78 is 10.4. The molecule has 0 spiro atoms. The maximum Gasteiger partial charge on any atom is 0.332 e. The summed E-state index contributed by atoms with van der Waals surface area (Å²) in [5.74, 6) is 0.0939. The quantitative estimate of drug-likeness (QED) is 0.606. The molecule has 94 valence electrons. The number of esters is 1. The first kappa shape index (κ1) is 12.4. The second-order valence-electron chi connectivity index (χ2n) is 4.44. The van der Waals surface area contributed by atoms with Gasteiger partial charge in [0.2, 0.25) is 0 Å². The van der Waals surface area contributed by atoms with E-state index in [4.69, 9.17) is 9.15 Å². The highest BCUT2D eigenvalue weighted by molar-refractivity contribution is 5.87. The van der Waals surface area contributed by atoms with E-state index in [1.807, 2.05) is 0 Å². The summed E-state index contributed by atoms with van der Waals surface area (Å²) in [6.07, 6.45) is 8.59. The van der Waals surface area contributed by atoms with E-state index in [0.29, 0.717) is 18.6 Å². The average molecular weight is 245 g/mol. The average Bonchev–Trinajstić information content (AvgIpc) is 2.91. The third-order valence-electron chi connectivity index (χ3n) is 3.09. The summed E-state index contributed by atoms with van der Waals surface area (Å²) >= 11 is 0. The van der Waals surface area contributed by atoms with Crippen molar-refractivity contribution in [1.82, 2.24) is 0 Å². The first-order chi connectivity index (χ1) is 8.74. The lowest BCUT2D eigenvalue weighted by Crippen LogP contribution is -2.35. The van der Waals surface area contributed by atoms with Crippen molar-refractivity contribution in [1.29, 1.82) is 5.26 Å².